The lowest BCUT2D eigenvalue weighted by Crippen LogP contribution is -2.40. The van der Waals surface area contributed by atoms with Crippen LogP contribution in [0.2, 0.25) is 0 Å². The lowest BCUT2D eigenvalue weighted by molar-refractivity contribution is -0.144. The van der Waals surface area contributed by atoms with Crippen LogP contribution in [0.5, 0.6) is 5.75 Å². The first-order valence-electron chi connectivity index (χ1n) is 13.0. The molecule has 0 saturated heterocycles. The van der Waals surface area contributed by atoms with Crippen molar-refractivity contribution in [2.75, 3.05) is 0 Å². The Kier molecular flexibility index (Phi) is 7.40. The van der Waals surface area contributed by atoms with Crippen molar-refractivity contribution in [2.24, 2.45) is 7.05 Å². The molecular weight excluding hydrogens is 567 g/mol. The maximum Gasteiger partial charge on any atom is 0.431 e. The number of aryl methyl sites for hydroxylation is 3. The SMILES string of the molecule is Cc1ccc(C(=O)C(C)Oc2ccc(-c3nsc4ccc(-n5c(=O)cc(C(F)(F)F)n(C)c5=O)cc34)cc2C)cc1C. The first-order valence-corrected chi connectivity index (χ1v) is 13.7. The van der Waals surface area contributed by atoms with E-state index in [1.165, 1.54) is 17.6 Å². The summed E-state index contributed by atoms with van der Waals surface area (Å²) in [6.07, 6.45) is -5.57. The number of fused-ring (bicyclic) bond motifs is 1. The molecule has 0 aliphatic rings. The Balaban J connectivity index is 1.47. The lowest BCUT2D eigenvalue weighted by atomic mass is 10.0. The number of hydrogen-bond donors (Lipinski definition) is 0. The Morgan fingerprint density at radius 2 is 1.67 bits per heavy atom. The smallest absolute Gasteiger partial charge is 0.431 e. The van der Waals surface area contributed by atoms with E-state index in [9.17, 15) is 27.6 Å². The summed E-state index contributed by atoms with van der Waals surface area (Å²) in [5.41, 5.74) is 1.36. The Hall–Kier alpha value is -4.51. The third-order valence-electron chi connectivity index (χ3n) is 7.24. The number of halogens is 3. The van der Waals surface area contributed by atoms with E-state index in [-0.39, 0.29) is 11.5 Å². The molecule has 5 aromatic rings. The quantitative estimate of drug-likeness (QED) is 0.213. The summed E-state index contributed by atoms with van der Waals surface area (Å²) in [4.78, 5) is 38.4. The van der Waals surface area contributed by atoms with E-state index >= 15 is 0 Å². The molecule has 0 amide bonds. The van der Waals surface area contributed by atoms with Gasteiger partial charge in [0.15, 0.2) is 6.10 Å². The summed E-state index contributed by atoms with van der Waals surface area (Å²) in [7, 11) is 0.972. The predicted molar refractivity (Wildman–Crippen MR) is 156 cm³/mol. The minimum absolute atomic E-state index is 0.124. The standard InChI is InChI=1S/C31H26F3N3O4S/c1-16-6-7-21(12-17(16)2)29(39)19(4)41-24-10-8-20(13-18(24)3)28-23-14-22(9-11-25(23)42-35-28)37-27(38)15-26(31(32,33)34)36(5)30(37)40/h6-15,19H,1-5H3. The van der Waals surface area contributed by atoms with E-state index in [1.54, 1.807) is 37.3 Å². The highest BCUT2D eigenvalue weighted by Crippen LogP contribution is 2.35. The molecule has 11 heteroatoms. The molecule has 2 aromatic heterocycles. The molecule has 0 radical (unpaired) electrons. The largest absolute Gasteiger partial charge is 0.482 e. The minimum atomic E-state index is -4.85. The van der Waals surface area contributed by atoms with E-state index < -0.39 is 29.2 Å². The minimum Gasteiger partial charge on any atom is -0.482 e. The fraction of sp³-hybridized carbons (Fsp3) is 0.226. The Morgan fingerprint density at radius 1 is 0.929 bits per heavy atom. The zero-order valence-corrected chi connectivity index (χ0v) is 24.2. The van der Waals surface area contributed by atoms with Crippen LogP contribution < -0.4 is 16.0 Å². The van der Waals surface area contributed by atoms with Crippen molar-refractivity contribution in [1.82, 2.24) is 13.5 Å². The molecule has 42 heavy (non-hydrogen) atoms. The number of rotatable bonds is 6. The van der Waals surface area contributed by atoms with Crippen LogP contribution in [0, 0.1) is 20.8 Å². The van der Waals surface area contributed by atoms with Crippen molar-refractivity contribution in [3.63, 3.8) is 0 Å². The Labute approximate surface area is 242 Å². The third kappa shape index (κ3) is 5.27. The fourth-order valence-electron chi connectivity index (χ4n) is 4.71. The van der Waals surface area contributed by atoms with E-state index in [4.69, 9.17) is 4.74 Å². The van der Waals surface area contributed by atoms with Crippen LogP contribution in [-0.4, -0.2) is 25.4 Å². The number of carbonyl (C=O) groups excluding carboxylic acids is 1. The molecule has 0 spiro atoms. The molecule has 7 nitrogen and oxygen atoms in total. The van der Waals surface area contributed by atoms with E-state index in [1.807, 2.05) is 39.0 Å². The van der Waals surface area contributed by atoms with Crippen molar-refractivity contribution < 1.29 is 22.7 Å². The number of ketones is 1. The van der Waals surface area contributed by atoms with Crippen LogP contribution >= 0.6 is 11.5 Å². The second kappa shape index (κ2) is 10.7. The number of nitrogens with zero attached hydrogens (tertiary/aromatic N) is 3. The summed E-state index contributed by atoms with van der Waals surface area (Å²) < 4.78 is 52.3. The van der Waals surface area contributed by atoms with Crippen LogP contribution in [0.25, 0.3) is 27.0 Å². The van der Waals surface area contributed by atoms with Gasteiger partial charge in [-0.3, -0.25) is 14.2 Å². The molecule has 3 aromatic carbocycles. The molecule has 2 heterocycles. The molecule has 0 saturated carbocycles. The first-order chi connectivity index (χ1) is 19.8. The van der Waals surface area contributed by atoms with Crippen LogP contribution in [0.4, 0.5) is 13.2 Å². The molecule has 0 aliphatic carbocycles. The summed E-state index contributed by atoms with van der Waals surface area (Å²) in [5, 5.41) is 0.623. The van der Waals surface area contributed by atoms with Gasteiger partial charge in [-0.05, 0) is 98.4 Å². The van der Waals surface area contributed by atoms with Gasteiger partial charge in [0.1, 0.15) is 11.4 Å². The Bertz CT molecular complexity index is 1990. The van der Waals surface area contributed by atoms with Gasteiger partial charge in [-0.1, -0.05) is 12.1 Å². The van der Waals surface area contributed by atoms with Gasteiger partial charge >= 0.3 is 11.9 Å². The van der Waals surface area contributed by atoms with E-state index in [0.717, 1.165) is 34.0 Å². The average Bonchev–Trinajstić information content (AvgIpc) is 3.35. The number of hydrogen-bond acceptors (Lipinski definition) is 6. The number of Topliss-reactive ketones (excluding diaryl/α,β-unsaturated/α-hetero) is 1. The Morgan fingerprint density at radius 3 is 2.33 bits per heavy atom. The molecule has 1 atom stereocenters. The van der Waals surface area contributed by atoms with Gasteiger partial charge in [-0.2, -0.15) is 17.5 Å². The second-order valence-electron chi connectivity index (χ2n) is 10.2. The molecular formula is C31H26F3N3O4S. The molecule has 5 rings (SSSR count). The van der Waals surface area contributed by atoms with Gasteiger partial charge < -0.3 is 4.74 Å². The highest BCUT2D eigenvalue weighted by molar-refractivity contribution is 7.13. The van der Waals surface area contributed by atoms with E-state index in [2.05, 4.69) is 4.37 Å². The number of aromatic nitrogens is 3. The maximum absolute atomic E-state index is 13.3. The monoisotopic (exact) mass is 593 g/mol. The topological polar surface area (TPSA) is 83.2 Å². The third-order valence-corrected chi connectivity index (χ3v) is 8.06. The van der Waals surface area contributed by atoms with Crippen molar-refractivity contribution in [3.8, 4) is 22.7 Å². The zero-order valence-electron chi connectivity index (χ0n) is 23.4. The van der Waals surface area contributed by atoms with Crippen LogP contribution in [0.15, 0.2) is 70.3 Å². The van der Waals surface area contributed by atoms with Crippen LogP contribution in [0.1, 0.15) is 39.7 Å². The number of alkyl halides is 3. The maximum atomic E-state index is 13.3. The highest BCUT2D eigenvalue weighted by atomic mass is 32.1. The fourth-order valence-corrected chi connectivity index (χ4v) is 5.49. The van der Waals surface area contributed by atoms with Crippen molar-refractivity contribution in [2.45, 2.75) is 40.0 Å². The van der Waals surface area contributed by atoms with Gasteiger partial charge in [0, 0.05) is 29.6 Å². The van der Waals surface area contributed by atoms with Crippen molar-refractivity contribution in [1.29, 1.82) is 0 Å². The summed E-state index contributed by atoms with van der Waals surface area (Å²) in [5.74, 6) is 0.396. The van der Waals surface area contributed by atoms with Gasteiger partial charge in [0.2, 0.25) is 5.78 Å². The second-order valence-corrected chi connectivity index (χ2v) is 11.0. The van der Waals surface area contributed by atoms with Crippen molar-refractivity contribution >= 4 is 27.4 Å². The van der Waals surface area contributed by atoms with Gasteiger partial charge in [0.25, 0.3) is 5.56 Å². The average molecular weight is 594 g/mol. The van der Waals surface area contributed by atoms with Crippen LogP contribution in [0.3, 0.4) is 0 Å². The number of ether oxygens (including phenoxy) is 1. The predicted octanol–water partition coefficient (Wildman–Crippen LogP) is 6.41. The molecule has 0 bridgehead atoms. The summed E-state index contributed by atoms with van der Waals surface area (Å²) in [6.45, 7) is 7.48. The van der Waals surface area contributed by atoms with Crippen molar-refractivity contribution in [3.05, 3.63) is 109 Å². The van der Waals surface area contributed by atoms with E-state index in [0.29, 0.717) is 37.6 Å². The molecule has 0 N–H and O–H groups in total. The number of carbonyl (C=O) groups is 1. The highest BCUT2D eigenvalue weighted by Gasteiger charge is 2.35. The zero-order chi connectivity index (χ0) is 30.5. The molecule has 0 aliphatic heterocycles. The van der Waals surface area contributed by atoms with Crippen LogP contribution in [-0.2, 0) is 13.2 Å². The molecule has 0 fully saturated rings. The van der Waals surface area contributed by atoms with Gasteiger partial charge in [0.05, 0.1) is 16.1 Å². The first kappa shape index (κ1) is 29.0. The normalized spacial score (nSPS) is 12.5. The molecule has 1 unspecified atom stereocenters. The molecule has 216 valence electrons. The summed E-state index contributed by atoms with van der Waals surface area (Å²) in [6, 6.07) is 16.1. The van der Waals surface area contributed by atoms with Gasteiger partial charge in [-0.15, -0.1) is 0 Å². The van der Waals surface area contributed by atoms with Gasteiger partial charge in [-0.25, -0.2) is 9.36 Å². The lowest BCUT2D eigenvalue weighted by Gasteiger charge is -2.17. The number of benzene rings is 3. The summed E-state index contributed by atoms with van der Waals surface area (Å²) >= 11 is 1.21.